The molecule has 2 aliphatic rings. The molecule has 0 aromatic heterocycles. The normalized spacial score (nSPS) is 23.4. The Morgan fingerprint density at radius 1 is 1.09 bits per heavy atom. The first-order chi connectivity index (χ1) is 16.5. The molecule has 11 nitrogen and oxygen atoms in total. The maximum atomic E-state index is 13.2. The van der Waals surface area contributed by atoms with Gasteiger partial charge >= 0.3 is 0 Å². The second-order valence-corrected chi connectivity index (χ2v) is 8.28. The first-order valence-electron chi connectivity index (χ1n) is 11.5. The van der Waals surface area contributed by atoms with Crippen LogP contribution in [-0.2, 0) is 23.9 Å². The van der Waals surface area contributed by atoms with Crippen molar-refractivity contribution < 1.29 is 28.7 Å². The third-order valence-electron chi connectivity index (χ3n) is 5.79. The molecule has 0 radical (unpaired) electrons. The fourth-order valence-corrected chi connectivity index (χ4v) is 3.92. The summed E-state index contributed by atoms with van der Waals surface area (Å²) < 4.78 is 10.8. The number of fused-ring (bicyclic) bond motifs is 1. The Labute approximate surface area is 198 Å². The lowest BCUT2D eigenvalue weighted by molar-refractivity contribution is -0.147. The van der Waals surface area contributed by atoms with Gasteiger partial charge in [0, 0.05) is 37.8 Å². The van der Waals surface area contributed by atoms with E-state index in [1.165, 1.54) is 9.80 Å². The fraction of sp³-hybridized carbons (Fsp3) is 0.565. The number of hydrogen-bond donors (Lipinski definition) is 3. The minimum absolute atomic E-state index is 0.118. The highest BCUT2D eigenvalue weighted by atomic mass is 16.5. The molecule has 3 rings (SSSR count). The van der Waals surface area contributed by atoms with E-state index in [0.717, 1.165) is 0 Å². The highest BCUT2D eigenvalue weighted by Gasteiger charge is 2.36. The average molecular weight is 476 g/mol. The Bertz CT molecular complexity index is 852. The van der Waals surface area contributed by atoms with Gasteiger partial charge in [0.2, 0.25) is 17.7 Å². The number of rotatable bonds is 4. The van der Waals surface area contributed by atoms with E-state index in [1.807, 2.05) is 6.07 Å². The van der Waals surface area contributed by atoms with Crippen LogP contribution in [0.5, 0.6) is 0 Å². The van der Waals surface area contributed by atoms with Crippen molar-refractivity contribution >= 4 is 23.6 Å². The summed E-state index contributed by atoms with van der Waals surface area (Å²) in [6.07, 6.45) is 0.922. The lowest BCUT2D eigenvalue weighted by Gasteiger charge is -2.38. The summed E-state index contributed by atoms with van der Waals surface area (Å²) >= 11 is 0. The van der Waals surface area contributed by atoms with Crippen molar-refractivity contribution in [2.24, 2.45) is 5.73 Å². The number of nitrogens with two attached hydrogens (primary N) is 1. The molecule has 0 spiro atoms. The Morgan fingerprint density at radius 2 is 1.85 bits per heavy atom. The van der Waals surface area contributed by atoms with Gasteiger partial charge in [-0.25, -0.2) is 0 Å². The van der Waals surface area contributed by atoms with Crippen LogP contribution in [-0.4, -0.2) is 105 Å². The molecule has 4 amide bonds. The van der Waals surface area contributed by atoms with E-state index < -0.39 is 6.04 Å². The third-order valence-corrected chi connectivity index (χ3v) is 5.79. The summed E-state index contributed by atoms with van der Waals surface area (Å²) in [5.41, 5.74) is 6.56. The molecule has 34 heavy (non-hydrogen) atoms. The summed E-state index contributed by atoms with van der Waals surface area (Å²) in [6, 6.07) is 7.84. The number of nitrogens with one attached hydrogen (secondary N) is 2. The van der Waals surface area contributed by atoms with E-state index in [1.54, 1.807) is 24.3 Å². The molecule has 1 aromatic rings. The van der Waals surface area contributed by atoms with Crippen LogP contribution in [0.15, 0.2) is 30.3 Å². The molecule has 11 heteroatoms. The van der Waals surface area contributed by atoms with E-state index >= 15 is 0 Å². The van der Waals surface area contributed by atoms with Crippen LogP contribution in [0, 0.1) is 0 Å². The van der Waals surface area contributed by atoms with E-state index in [4.69, 9.17) is 15.2 Å². The molecule has 2 heterocycles. The minimum Gasteiger partial charge on any atom is -0.377 e. The summed E-state index contributed by atoms with van der Waals surface area (Å²) in [5.74, 6) is -1.29. The SMILES string of the molecule is N[C@@H]1CCN2C(=O)CN(CCNC(=O)c3ccccc3)C(=O)COCCOCCNC(=O)[C@@H]2C1. The predicted octanol–water partition coefficient (Wildman–Crippen LogP) is -1.27. The van der Waals surface area contributed by atoms with Gasteiger partial charge in [-0.2, -0.15) is 0 Å². The van der Waals surface area contributed by atoms with Crippen molar-refractivity contribution in [1.29, 1.82) is 0 Å². The van der Waals surface area contributed by atoms with Crippen LogP contribution >= 0.6 is 0 Å². The number of amides is 4. The number of piperidine rings is 1. The zero-order chi connectivity index (χ0) is 24.3. The lowest BCUT2D eigenvalue weighted by atomic mass is 9.97. The minimum atomic E-state index is -0.702. The van der Waals surface area contributed by atoms with E-state index in [0.29, 0.717) is 38.1 Å². The fourth-order valence-electron chi connectivity index (χ4n) is 3.92. The van der Waals surface area contributed by atoms with Crippen molar-refractivity contribution in [2.75, 3.05) is 59.2 Å². The zero-order valence-corrected chi connectivity index (χ0v) is 19.2. The molecule has 2 saturated heterocycles. The monoisotopic (exact) mass is 475 g/mol. The Balaban J connectivity index is 1.67. The molecule has 186 valence electrons. The highest BCUT2D eigenvalue weighted by molar-refractivity contribution is 5.94. The number of nitrogens with zero attached hydrogens (tertiary/aromatic N) is 2. The van der Waals surface area contributed by atoms with Crippen LogP contribution in [0.25, 0.3) is 0 Å². The standard InChI is InChI=1S/C23H33N5O6/c24-18-6-9-28-19(14-18)23(32)26-8-11-33-12-13-34-16-21(30)27(15-20(28)29)10-7-25-22(31)17-4-2-1-3-5-17/h1-5,18-19H,6-16,24H2,(H,25,31)(H,26,32)/t18-,19+/m1/s1. The third kappa shape index (κ3) is 7.51. The van der Waals surface area contributed by atoms with Gasteiger partial charge in [0.1, 0.15) is 12.6 Å². The van der Waals surface area contributed by atoms with Gasteiger partial charge in [0.05, 0.1) is 26.4 Å². The first kappa shape index (κ1) is 25.6. The van der Waals surface area contributed by atoms with Gasteiger partial charge in [-0.05, 0) is 25.0 Å². The summed E-state index contributed by atoms with van der Waals surface area (Å²) in [6.45, 7) is 1.25. The molecule has 0 aliphatic carbocycles. The lowest BCUT2D eigenvalue weighted by Crippen LogP contribution is -2.58. The average Bonchev–Trinajstić information content (AvgIpc) is 2.84. The van der Waals surface area contributed by atoms with Crippen LogP contribution in [0.2, 0.25) is 0 Å². The quantitative estimate of drug-likeness (QED) is 0.492. The Hall–Kier alpha value is -3.02. The summed E-state index contributed by atoms with van der Waals surface area (Å²) in [4.78, 5) is 53.9. The van der Waals surface area contributed by atoms with Crippen molar-refractivity contribution in [3.8, 4) is 0 Å². The van der Waals surface area contributed by atoms with E-state index in [-0.39, 0.29) is 69.1 Å². The summed E-state index contributed by atoms with van der Waals surface area (Å²) in [7, 11) is 0. The van der Waals surface area contributed by atoms with Crippen molar-refractivity contribution in [3.05, 3.63) is 35.9 Å². The maximum Gasteiger partial charge on any atom is 0.251 e. The van der Waals surface area contributed by atoms with Gasteiger partial charge in [0.15, 0.2) is 0 Å². The smallest absolute Gasteiger partial charge is 0.251 e. The number of ether oxygens (including phenoxy) is 2. The number of carbonyl (C=O) groups excluding carboxylic acids is 4. The molecule has 0 bridgehead atoms. The Morgan fingerprint density at radius 3 is 2.65 bits per heavy atom. The molecule has 0 saturated carbocycles. The maximum absolute atomic E-state index is 13.2. The first-order valence-corrected chi connectivity index (χ1v) is 11.5. The number of benzene rings is 1. The van der Waals surface area contributed by atoms with Gasteiger partial charge in [-0.3, -0.25) is 19.2 Å². The molecule has 0 unspecified atom stereocenters. The second-order valence-electron chi connectivity index (χ2n) is 8.28. The number of hydrogen-bond acceptors (Lipinski definition) is 7. The van der Waals surface area contributed by atoms with E-state index in [2.05, 4.69) is 10.6 Å². The molecule has 4 N–H and O–H groups in total. The zero-order valence-electron chi connectivity index (χ0n) is 19.2. The van der Waals surface area contributed by atoms with Crippen LogP contribution < -0.4 is 16.4 Å². The van der Waals surface area contributed by atoms with Gasteiger partial charge in [-0.1, -0.05) is 18.2 Å². The molecule has 2 fully saturated rings. The molecular weight excluding hydrogens is 442 g/mol. The van der Waals surface area contributed by atoms with Gasteiger partial charge in [0.25, 0.3) is 5.91 Å². The number of carbonyl (C=O) groups is 4. The topological polar surface area (TPSA) is 143 Å². The molecular formula is C23H33N5O6. The van der Waals surface area contributed by atoms with Crippen LogP contribution in [0.4, 0.5) is 0 Å². The molecule has 2 atom stereocenters. The Kier molecular flexibility index (Phi) is 9.80. The highest BCUT2D eigenvalue weighted by Crippen LogP contribution is 2.17. The van der Waals surface area contributed by atoms with Crippen LogP contribution in [0.1, 0.15) is 23.2 Å². The van der Waals surface area contributed by atoms with Crippen LogP contribution in [0.3, 0.4) is 0 Å². The predicted molar refractivity (Wildman–Crippen MR) is 123 cm³/mol. The summed E-state index contributed by atoms with van der Waals surface area (Å²) in [5, 5.41) is 5.56. The second kappa shape index (κ2) is 13.0. The van der Waals surface area contributed by atoms with Crippen molar-refractivity contribution in [3.63, 3.8) is 0 Å². The molecule has 2 aliphatic heterocycles. The largest absolute Gasteiger partial charge is 0.377 e. The molecule has 1 aromatic carbocycles. The van der Waals surface area contributed by atoms with Crippen molar-refractivity contribution in [1.82, 2.24) is 20.4 Å². The van der Waals surface area contributed by atoms with Crippen molar-refractivity contribution in [2.45, 2.75) is 24.9 Å². The van der Waals surface area contributed by atoms with Gasteiger partial charge < -0.3 is 35.6 Å². The van der Waals surface area contributed by atoms with Gasteiger partial charge in [-0.15, -0.1) is 0 Å². The van der Waals surface area contributed by atoms with E-state index in [9.17, 15) is 19.2 Å².